The minimum absolute atomic E-state index is 0.0754. The minimum Gasteiger partial charge on any atom is -0.344 e. The Balaban J connectivity index is 1.84. The van der Waals surface area contributed by atoms with E-state index in [1.165, 1.54) is 0 Å². The summed E-state index contributed by atoms with van der Waals surface area (Å²) in [7, 11) is 0. The molecule has 6 nitrogen and oxygen atoms in total. The molecule has 0 saturated carbocycles. The molecule has 6 heteroatoms. The number of hydrogen-bond acceptors (Lipinski definition) is 3. The van der Waals surface area contributed by atoms with E-state index in [2.05, 4.69) is 15.7 Å². The quantitative estimate of drug-likeness (QED) is 0.905. The van der Waals surface area contributed by atoms with Gasteiger partial charge in [0.05, 0.1) is 22.8 Å². The van der Waals surface area contributed by atoms with Crippen molar-refractivity contribution in [3.8, 4) is 5.69 Å². The van der Waals surface area contributed by atoms with Crippen LogP contribution < -0.4 is 10.6 Å². The highest BCUT2D eigenvalue weighted by molar-refractivity contribution is 5.99. The number of nitrogens with zero attached hydrogens (tertiary/aromatic N) is 2. The van der Waals surface area contributed by atoms with Crippen LogP contribution in [0.1, 0.15) is 24.2 Å². The average molecular weight is 298 g/mol. The summed E-state index contributed by atoms with van der Waals surface area (Å²) in [4.78, 5) is 23.5. The zero-order chi connectivity index (χ0) is 15.7. The molecule has 114 valence electrons. The molecule has 1 aliphatic heterocycles. The molecule has 1 saturated heterocycles. The van der Waals surface area contributed by atoms with Crippen molar-refractivity contribution < 1.29 is 9.59 Å². The molecule has 0 aliphatic carbocycles. The van der Waals surface area contributed by atoms with Crippen LogP contribution in [0.4, 0.5) is 5.69 Å². The fraction of sp³-hybridized carbons (Fsp3) is 0.312. The summed E-state index contributed by atoms with van der Waals surface area (Å²) >= 11 is 0. The molecule has 0 bridgehead atoms. The van der Waals surface area contributed by atoms with Crippen LogP contribution in [0.3, 0.4) is 0 Å². The van der Waals surface area contributed by atoms with E-state index in [-0.39, 0.29) is 11.8 Å². The number of para-hydroxylation sites is 1. The van der Waals surface area contributed by atoms with E-state index in [4.69, 9.17) is 0 Å². The predicted molar refractivity (Wildman–Crippen MR) is 82.8 cm³/mol. The van der Waals surface area contributed by atoms with E-state index in [0.717, 1.165) is 17.1 Å². The topological polar surface area (TPSA) is 76.0 Å². The largest absolute Gasteiger partial charge is 0.344 e. The van der Waals surface area contributed by atoms with Gasteiger partial charge in [-0.25, -0.2) is 4.68 Å². The lowest BCUT2D eigenvalue weighted by atomic mass is 10.2. The van der Waals surface area contributed by atoms with Crippen molar-refractivity contribution in [2.75, 3.05) is 5.32 Å². The first-order valence-corrected chi connectivity index (χ1v) is 7.28. The summed E-state index contributed by atoms with van der Waals surface area (Å²) < 4.78 is 1.80. The maximum absolute atomic E-state index is 12.2. The van der Waals surface area contributed by atoms with Crippen molar-refractivity contribution in [3.63, 3.8) is 0 Å². The fourth-order valence-electron chi connectivity index (χ4n) is 2.67. The Morgan fingerprint density at radius 2 is 2.05 bits per heavy atom. The standard InChI is InChI=1S/C16H18N4O2/c1-10-15(18-16(22)13-8-9-14(21)17-13)11(2)20(19-10)12-6-4-3-5-7-12/h3-7,13H,8-9H2,1-2H3,(H,17,21)(H,18,22)/t13-/m0/s1. The molecule has 1 aromatic carbocycles. The molecule has 0 unspecified atom stereocenters. The molecule has 0 spiro atoms. The highest BCUT2D eigenvalue weighted by Crippen LogP contribution is 2.23. The average Bonchev–Trinajstić information content (AvgIpc) is 3.07. The van der Waals surface area contributed by atoms with Crippen molar-refractivity contribution in [2.45, 2.75) is 32.7 Å². The number of nitrogens with one attached hydrogen (secondary N) is 2. The molecular weight excluding hydrogens is 280 g/mol. The van der Waals surface area contributed by atoms with Crippen molar-refractivity contribution >= 4 is 17.5 Å². The van der Waals surface area contributed by atoms with Crippen LogP contribution in [-0.4, -0.2) is 27.6 Å². The number of amides is 2. The summed E-state index contributed by atoms with van der Waals surface area (Å²) in [5.74, 6) is -0.266. The van der Waals surface area contributed by atoms with E-state index in [1.54, 1.807) is 4.68 Å². The monoisotopic (exact) mass is 298 g/mol. The van der Waals surface area contributed by atoms with E-state index >= 15 is 0 Å². The van der Waals surface area contributed by atoms with Crippen LogP contribution in [0, 0.1) is 13.8 Å². The number of hydrogen-bond donors (Lipinski definition) is 2. The van der Waals surface area contributed by atoms with Gasteiger partial charge in [-0.3, -0.25) is 9.59 Å². The van der Waals surface area contributed by atoms with Gasteiger partial charge in [-0.1, -0.05) is 18.2 Å². The number of benzene rings is 1. The Morgan fingerprint density at radius 1 is 1.32 bits per heavy atom. The molecule has 2 heterocycles. The van der Waals surface area contributed by atoms with E-state index in [1.807, 2.05) is 44.2 Å². The molecule has 2 aromatic rings. The lowest BCUT2D eigenvalue weighted by Gasteiger charge is -2.11. The van der Waals surface area contributed by atoms with Crippen LogP contribution in [0.15, 0.2) is 30.3 Å². The first-order valence-electron chi connectivity index (χ1n) is 7.28. The molecule has 1 aliphatic rings. The van der Waals surface area contributed by atoms with Crippen LogP contribution in [0.25, 0.3) is 5.69 Å². The number of carbonyl (C=O) groups excluding carboxylic acids is 2. The highest BCUT2D eigenvalue weighted by atomic mass is 16.2. The Morgan fingerprint density at radius 3 is 2.68 bits per heavy atom. The molecule has 1 atom stereocenters. The van der Waals surface area contributed by atoms with Crippen molar-refractivity contribution in [3.05, 3.63) is 41.7 Å². The molecule has 22 heavy (non-hydrogen) atoms. The first-order chi connectivity index (χ1) is 10.6. The molecule has 1 aromatic heterocycles. The SMILES string of the molecule is Cc1nn(-c2ccccc2)c(C)c1NC(=O)[C@@H]1CCC(=O)N1. The number of anilines is 1. The van der Waals surface area contributed by atoms with Gasteiger partial charge in [-0.05, 0) is 32.4 Å². The van der Waals surface area contributed by atoms with Crippen LogP contribution in [-0.2, 0) is 9.59 Å². The Kier molecular flexibility index (Phi) is 3.66. The fourth-order valence-corrected chi connectivity index (χ4v) is 2.67. The summed E-state index contributed by atoms with van der Waals surface area (Å²) in [6.07, 6.45) is 0.939. The third kappa shape index (κ3) is 2.59. The van der Waals surface area contributed by atoms with Crippen LogP contribution in [0.2, 0.25) is 0 Å². The molecule has 3 rings (SSSR count). The number of aryl methyl sites for hydroxylation is 1. The molecule has 1 fully saturated rings. The second kappa shape index (κ2) is 5.63. The van der Waals surface area contributed by atoms with Gasteiger partial charge >= 0.3 is 0 Å². The summed E-state index contributed by atoms with van der Waals surface area (Å²) in [6, 6.07) is 9.30. The van der Waals surface area contributed by atoms with Crippen molar-refractivity contribution in [2.24, 2.45) is 0 Å². The van der Waals surface area contributed by atoms with Gasteiger partial charge in [0.25, 0.3) is 0 Å². The highest BCUT2D eigenvalue weighted by Gasteiger charge is 2.28. The van der Waals surface area contributed by atoms with Gasteiger partial charge in [-0.2, -0.15) is 5.10 Å². The van der Waals surface area contributed by atoms with Crippen LogP contribution >= 0.6 is 0 Å². The number of carbonyl (C=O) groups is 2. The lowest BCUT2D eigenvalue weighted by Crippen LogP contribution is -2.37. The van der Waals surface area contributed by atoms with E-state index < -0.39 is 6.04 Å². The predicted octanol–water partition coefficient (Wildman–Crippen LogP) is 1.71. The second-order valence-electron chi connectivity index (χ2n) is 5.44. The maximum Gasteiger partial charge on any atom is 0.247 e. The summed E-state index contributed by atoms with van der Waals surface area (Å²) in [5.41, 5.74) is 3.26. The maximum atomic E-state index is 12.2. The van der Waals surface area contributed by atoms with E-state index in [9.17, 15) is 9.59 Å². The van der Waals surface area contributed by atoms with Gasteiger partial charge < -0.3 is 10.6 Å². The van der Waals surface area contributed by atoms with Crippen LogP contribution in [0.5, 0.6) is 0 Å². The van der Waals surface area contributed by atoms with Gasteiger partial charge in [0, 0.05) is 6.42 Å². The lowest BCUT2D eigenvalue weighted by molar-refractivity contribution is -0.122. The Bertz CT molecular complexity index is 721. The second-order valence-corrected chi connectivity index (χ2v) is 5.44. The third-order valence-corrected chi connectivity index (χ3v) is 3.85. The number of aromatic nitrogens is 2. The molecule has 0 radical (unpaired) electrons. The van der Waals surface area contributed by atoms with Crippen molar-refractivity contribution in [1.29, 1.82) is 0 Å². The Labute approximate surface area is 128 Å². The van der Waals surface area contributed by atoms with Gasteiger partial charge in [0.15, 0.2) is 0 Å². The van der Waals surface area contributed by atoms with Crippen molar-refractivity contribution in [1.82, 2.24) is 15.1 Å². The van der Waals surface area contributed by atoms with Gasteiger partial charge in [0.1, 0.15) is 6.04 Å². The third-order valence-electron chi connectivity index (χ3n) is 3.85. The number of rotatable bonds is 3. The molecular formula is C16H18N4O2. The minimum atomic E-state index is -0.452. The first kappa shape index (κ1) is 14.3. The smallest absolute Gasteiger partial charge is 0.247 e. The molecule has 2 amide bonds. The Hall–Kier alpha value is -2.63. The zero-order valence-electron chi connectivity index (χ0n) is 12.6. The van der Waals surface area contributed by atoms with Gasteiger partial charge in [-0.15, -0.1) is 0 Å². The summed E-state index contributed by atoms with van der Waals surface area (Å²) in [6.45, 7) is 3.77. The normalized spacial score (nSPS) is 17.4. The molecule has 2 N–H and O–H groups in total. The zero-order valence-corrected chi connectivity index (χ0v) is 12.6. The van der Waals surface area contributed by atoms with E-state index in [0.29, 0.717) is 18.5 Å². The summed E-state index contributed by atoms with van der Waals surface area (Å²) in [5, 5.41) is 10.1. The van der Waals surface area contributed by atoms with Gasteiger partial charge in [0.2, 0.25) is 11.8 Å².